The van der Waals surface area contributed by atoms with Crippen molar-refractivity contribution in [2.24, 2.45) is 5.92 Å². The quantitative estimate of drug-likeness (QED) is 0.641. The average Bonchev–Trinajstić information content (AvgIpc) is 2.11. The molecule has 0 amide bonds. The lowest BCUT2D eigenvalue weighted by atomic mass is 9.86. The number of hydrogen-bond acceptors (Lipinski definition) is 2. The van der Waals surface area contributed by atoms with E-state index in [1.807, 2.05) is 0 Å². The molecule has 2 nitrogen and oxygen atoms in total. The molecule has 0 spiro atoms. The maximum absolute atomic E-state index is 12.8. The third kappa shape index (κ3) is 2.89. The molecular formula is C11H17FO2. The number of carbonyl (C=O) groups is 2. The van der Waals surface area contributed by atoms with Gasteiger partial charge in [0.05, 0.1) is 5.92 Å². The van der Waals surface area contributed by atoms with Crippen molar-refractivity contribution in [2.45, 2.75) is 51.6 Å². The van der Waals surface area contributed by atoms with E-state index in [9.17, 15) is 14.0 Å². The highest BCUT2D eigenvalue weighted by molar-refractivity contribution is 6.04. The second-order valence-corrected chi connectivity index (χ2v) is 3.99. The molecule has 1 saturated carbocycles. The Bertz CT molecular complexity index is 223. The van der Waals surface area contributed by atoms with E-state index < -0.39 is 17.9 Å². The number of Topliss-reactive ketones (excluding diaryl/α,β-unsaturated/α-hetero) is 2. The summed E-state index contributed by atoms with van der Waals surface area (Å²) in [6.45, 7) is 1.22. The first-order valence-electron chi connectivity index (χ1n) is 5.33. The van der Waals surface area contributed by atoms with Gasteiger partial charge < -0.3 is 0 Å². The summed E-state index contributed by atoms with van der Waals surface area (Å²) in [5.74, 6) is -1.23. The first-order chi connectivity index (χ1) is 6.63. The van der Waals surface area contributed by atoms with Crippen molar-refractivity contribution in [3.63, 3.8) is 0 Å². The van der Waals surface area contributed by atoms with Gasteiger partial charge in [-0.25, -0.2) is 4.39 Å². The molecule has 0 bridgehead atoms. The van der Waals surface area contributed by atoms with Gasteiger partial charge in [-0.3, -0.25) is 9.59 Å². The highest BCUT2D eigenvalue weighted by Gasteiger charge is 2.29. The molecule has 1 aliphatic carbocycles. The largest absolute Gasteiger partial charge is 0.299 e. The third-order valence-electron chi connectivity index (χ3n) is 2.79. The van der Waals surface area contributed by atoms with E-state index >= 15 is 0 Å². The summed E-state index contributed by atoms with van der Waals surface area (Å²) in [6.07, 6.45) is 3.33. The van der Waals surface area contributed by atoms with Gasteiger partial charge in [0, 0.05) is 6.42 Å². The Hall–Kier alpha value is -0.730. The van der Waals surface area contributed by atoms with Gasteiger partial charge in [-0.2, -0.15) is 0 Å². The zero-order valence-corrected chi connectivity index (χ0v) is 8.59. The van der Waals surface area contributed by atoms with Crippen LogP contribution in [0.5, 0.6) is 0 Å². The first-order valence-corrected chi connectivity index (χ1v) is 5.33. The number of halogens is 1. The minimum atomic E-state index is -1.50. The minimum Gasteiger partial charge on any atom is -0.299 e. The number of hydrogen-bond donors (Lipinski definition) is 0. The van der Waals surface area contributed by atoms with Crippen molar-refractivity contribution >= 4 is 11.6 Å². The smallest absolute Gasteiger partial charge is 0.177 e. The summed E-state index contributed by atoms with van der Waals surface area (Å²) in [4.78, 5) is 22.9. The molecule has 0 aromatic rings. The average molecular weight is 200 g/mol. The van der Waals surface area contributed by atoms with Crippen molar-refractivity contribution < 1.29 is 14.0 Å². The van der Waals surface area contributed by atoms with Crippen LogP contribution in [-0.2, 0) is 9.59 Å². The van der Waals surface area contributed by atoms with Crippen LogP contribution in [-0.4, -0.2) is 17.7 Å². The first kappa shape index (κ1) is 11.3. The molecule has 80 valence electrons. The van der Waals surface area contributed by atoms with Gasteiger partial charge >= 0.3 is 0 Å². The molecular weight excluding hydrogens is 183 g/mol. The molecule has 0 radical (unpaired) electrons. The molecule has 0 saturated heterocycles. The fraction of sp³-hybridized carbons (Fsp3) is 0.818. The fourth-order valence-electron chi connectivity index (χ4n) is 1.91. The standard InChI is InChI=1S/C11H17FO2/c1-8(12)11(14)9-6-4-2-3-5-7-10(9)13/h8-9H,2-7H2,1H3. The van der Waals surface area contributed by atoms with Gasteiger partial charge in [-0.05, 0) is 19.8 Å². The van der Waals surface area contributed by atoms with Crippen LogP contribution in [0.1, 0.15) is 45.4 Å². The summed E-state index contributed by atoms with van der Waals surface area (Å²) >= 11 is 0. The highest BCUT2D eigenvalue weighted by atomic mass is 19.1. The van der Waals surface area contributed by atoms with Crippen LogP contribution < -0.4 is 0 Å². The molecule has 0 aliphatic heterocycles. The molecule has 2 unspecified atom stereocenters. The van der Waals surface area contributed by atoms with E-state index in [4.69, 9.17) is 0 Å². The van der Waals surface area contributed by atoms with Crippen molar-refractivity contribution in [3.8, 4) is 0 Å². The predicted molar refractivity (Wildman–Crippen MR) is 51.8 cm³/mol. The summed E-state index contributed by atoms with van der Waals surface area (Å²) in [7, 11) is 0. The highest BCUT2D eigenvalue weighted by Crippen LogP contribution is 2.21. The monoisotopic (exact) mass is 200 g/mol. The molecule has 0 heterocycles. The summed E-state index contributed by atoms with van der Waals surface area (Å²) < 4.78 is 12.8. The van der Waals surface area contributed by atoms with Gasteiger partial charge in [0.15, 0.2) is 12.0 Å². The molecule has 1 rings (SSSR count). The molecule has 0 aromatic heterocycles. The van der Waals surface area contributed by atoms with Crippen molar-refractivity contribution in [1.29, 1.82) is 0 Å². The number of carbonyl (C=O) groups excluding carboxylic acids is 2. The molecule has 14 heavy (non-hydrogen) atoms. The van der Waals surface area contributed by atoms with Crippen LogP contribution in [0.25, 0.3) is 0 Å². The summed E-state index contributed by atoms with van der Waals surface area (Å²) in [6, 6.07) is 0. The molecule has 1 aliphatic rings. The molecule has 1 fully saturated rings. The lowest BCUT2D eigenvalue weighted by Crippen LogP contribution is -2.30. The second kappa shape index (κ2) is 5.23. The zero-order valence-electron chi connectivity index (χ0n) is 8.59. The molecule has 0 N–H and O–H groups in total. The Kier molecular flexibility index (Phi) is 4.23. The van der Waals surface area contributed by atoms with Crippen molar-refractivity contribution in [2.75, 3.05) is 0 Å². The number of alkyl halides is 1. The Morgan fingerprint density at radius 3 is 2.64 bits per heavy atom. The summed E-state index contributed by atoms with van der Waals surface area (Å²) in [5, 5.41) is 0. The van der Waals surface area contributed by atoms with Crippen molar-refractivity contribution in [3.05, 3.63) is 0 Å². The van der Waals surface area contributed by atoms with E-state index in [0.29, 0.717) is 12.8 Å². The Balaban J connectivity index is 2.62. The van der Waals surface area contributed by atoms with Gasteiger partial charge in [-0.1, -0.05) is 19.3 Å². The lowest BCUT2D eigenvalue weighted by Gasteiger charge is -2.17. The number of ketones is 2. The molecule has 3 heteroatoms. The van der Waals surface area contributed by atoms with Crippen LogP contribution in [0.3, 0.4) is 0 Å². The van der Waals surface area contributed by atoms with Gasteiger partial charge in [0.1, 0.15) is 5.78 Å². The summed E-state index contributed by atoms with van der Waals surface area (Å²) in [5.41, 5.74) is 0. The van der Waals surface area contributed by atoms with E-state index in [0.717, 1.165) is 25.7 Å². The topological polar surface area (TPSA) is 34.1 Å². The van der Waals surface area contributed by atoms with E-state index in [2.05, 4.69) is 0 Å². The SMILES string of the molecule is CC(F)C(=O)C1CCCCCCC1=O. The second-order valence-electron chi connectivity index (χ2n) is 3.99. The van der Waals surface area contributed by atoms with Gasteiger partial charge in [0.2, 0.25) is 0 Å². The van der Waals surface area contributed by atoms with Crippen LogP contribution in [0.15, 0.2) is 0 Å². The Morgan fingerprint density at radius 2 is 2.00 bits per heavy atom. The van der Waals surface area contributed by atoms with Crippen LogP contribution >= 0.6 is 0 Å². The van der Waals surface area contributed by atoms with E-state index in [1.54, 1.807) is 0 Å². The third-order valence-corrected chi connectivity index (χ3v) is 2.79. The van der Waals surface area contributed by atoms with E-state index in [-0.39, 0.29) is 5.78 Å². The number of rotatable bonds is 2. The Morgan fingerprint density at radius 1 is 1.36 bits per heavy atom. The lowest BCUT2D eigenvalue weighted by molar-refractivity contribution is -0.136. The molecule has 0 aromatic carbocycles. The van der Waals surface area contributed by atoms with Gasteiger partial charge in [-0.15, -0.1) is 0 Å². The van der Waals surface area contributed by atoms with Crippen LogP contribution in [0, 0.1) is 5.92 Å². The van der Waals surface area contributed by atoms with Crippen LogP contribution in [0.2, 0.25) is 0 Å². The predicted octanol–water partition coefficient (Wildman–Crippen LogP) is 2.45. The fourth-order valence-corrected chi connectivity index (χ4v) is 1.91. The van der Waals surface area contributed by atoms with Crippen molar-refractivity contribution in [1.82, 2.24) is 0 Å². The Labute approximate surface area is 83.9 Å². The maximum Gasteiger partial charge on any atom is 0.177 e. The molecule has 2 atom stereocenters. The van der Waals surface area contributed by atoms with Gasteiger partial charge in [0.25, 0.3) is 0 Å². The minimum absolute atomic E-state index is 0.0563. The van der Waals surface area contributed by atoms with Crippen LogP contribution in [0.4, 0.5) is 4.39 Å². The normalized spacial score (nSPS) is 26.4. The van der Waals surface area contributed by atoms with E-state index in [1.165, 1.54) is 6.92 Å². The zero-order chi connectivity index (χ0) is 10.6. The maximum atomic E-state index is 12.8.